The smallest absolute Gasteiger partial charge is 0.225 e. The van der Waals surface area contributed by atoms with Crippen LogP contribution in [0.3, 0.4) is 0 Å². The maximum absolute atomic E-state index is 4.31. The van der Waals surface area contributed by atoms with Gasteiger partial charge in [0.15, 0.2) is 0 Å². The van der Waals surface area contributed by atoms with Crippen molar-refractivity contribution in [1.82, 2.24) is 29.9 Å². The number of aromatic nitrogens is 5. The Balaban J connectivity index is 1.59. The Hall–Kier alpha value is -2.02. The monoisotopic (exact) mass is 273 g/mol. The Bertz CT molecular complexity index is 553. The van der Waals surface area contributed by atoms with Gasteiger partial charge in [-0.2, -0.15) is 0 Å². The molecule has 1 saturated heterocycles. The number of rotatable bonds is 4. The van der Waals surface area contributed by atoms with E-state index in [-0.39, 0.29) is 0 Å². The SMILES string of the molecule is CN(c1ncccn1)C1CCN(Cc2cn(C)nn2)C1. The summed E-state index contributed by atoms with van der Waals surface area (Å²) in [7, 11) is 3.95. The van der Waals surface area contributed by atoms with Crippen LogP contribution in [0, 0.1) is 0 Å². The van der Waals surface area contributed by atoms with Gasteiger partial charge in [-0.1, -0.05) is 5.21 Å². The molecule has 3 rings (SSSR count). The van der Waals surface area contributed by atoms with E-state index in [1.165, 1.54) is 0 Å². The highest BCUT2D eigenvalue weighted by atomic mass is 15.4. The average Bonchev–Trinajstić information content (AvgIpc) is 3.09. The van der Waals surface area contributed by atoms with Gasteiger partial charge in [0.1, 0.15) is 0 Å². The Morgan fingerprint density at radius 3 is 2.85 bits per heavy atom. The number of hydrogen-bond donors (Lipinski definition) is 0. The van der Waals surface area contributed by atoms with Gasteiger partial charge in [-0.15, -0.1) is 5.10 Å². The summed E-state index contributed by atoms with van der Waals surface area (Å²) >= 11 is 0. The number of aryl methyl sites for hydroxylation is 1. The summed E-state index contributed by atoms with van der Waals surface area (Å²) in [6.07, 6.45) is 6.66. The predicted octanol–water partition coefficient (Wildman–Crippen LogP) is 0.316. The zero-order chi connectivity index (χ0) is 13.9. The maximum atomic E-state index is 4.31. The number of anilines is 1. The standard InChI is InChI=1S/C13H19N7/c1-18-8-11(16-17-18)9-20-7-4-12(10-20)19(2)13-14-5-3-6-15-13/h3,5-6,8,12H,4,7,9-10H2,1-2H3. The van der Waals surface area contributed by atoms with Crippen LogP contribution in [0.5, 0.6) is 0 Å². The maximum Gasteiger partial charge on any atom is 0.225 e. The lowest BCUT2D eigenvalue weighted by molar-refractivity contribution is 0.321. The van der Waals surface area contributed by atoms with Crippen LogP contribution in [0.25, 0.3) is 0 Å². The van der Waals surface area contributed by atoms with E-state index < -0.39 is 0 Å². The lowest BCUT2D eigenvalue weighted by atomic mass is 10.2. The third kappa shape index (κ3) is 2.77. The topological polar surface area (TPSA) is 63.0 Å². The van der Waals surface area contributed by atoms with Crippen LogP contribution in [0.4, 0.5) is 5.95 Å². The predicted molar refractivity (Wildman–Crippen MR) is 75.1 cm³/mol. The highest BCUT2D eigenvalue weighted by molar-refractivity contribution is 5.29. The molecule has 1 aliphatic heterocycles. The first-order chi connectivity index (χ1) is 9.72. The first kappa shape index (κ1) is 13.0. The molecule has 106 valence electrons. The number of hydrogen-bond acceptors (Lipinski definition) is 6. The number of nitrogens with zero attached hydrogens (tertiary/aromatic N) is 7. The minimum Gasteiger partial charge on any atom is -0.340 e. The molecule has 1 fully saturated rings. The van der Waals surface area contributed by atoms with E-state index in [0.29, 0.717) is 6.04 Å². The lowest BCUT2D eigenvalue weighted by Crippen LogP contribution is -2.35. The lowest BCUT2D eigenvalue weighted by Gasteiger charge is -2.24. The van der Waals surface area contributed by atoms with Gasteiger partial charge in [0.25, 0.3) is 0 Å². The van der Waals surface area contributed by atoms with Crippen LogP contribution in [0.1, 0.15) is 12.1 Å². The molecule has 0 saturated carbocycles. The molecule has 0 aromatic carbocycles. The van der Waals surface area contributed by atoms with E-state index in [2.05, 4.69) is 37.1 Å². The summed E-state index contributed by atoms with van der Waals surface area (Å²) in [5.74, 6) is 0.791. The molecule has 0 spiro atoms. The molecule has 0 amide bonds. The molecule has 0 N–H and O–H groups in total. The minimum atomic E-state index is 0.453. The fraction of sp³-hybridized carbons (Fsp3) is 0.538. The van der Waals surface area contributed by atoms with Crippen LogP contribution in [-0.2, 0) is 13.6 Å². The van der Waals surface area contributed by atoms with Crippen molar-refractivity contribution in [3.63, 3.8) is 0 Å². The summed E-state index contributed by atoms with van der Waals surface area (Å²) in [6.45, 7) is 2.93. The molecule has 0 aliphatic carbocycles. The van der Waals surface area contributed by atoms with Gasteiger partial charge >= 0.3 is 0 Å². The van der Waals surface area contributed by atoms with E-state index >= 15 is 0 Å². The van der Waals surface area contributed by atoms with Crippen molar-refractivity contribution in [3.8, 4) is 0 Å². The Morgan fingerprint density at radius 2 is 2.15 bits per heavy atom. The Kier molecular flexibility index (Phi) is 3.60. The third-order valence-corrected chi connectivity index (χ3v) is 3.70. The normalized spacial score (nSPS) is 19.4. The van der Waals surface area contributed by atoms with Crippen LogP contribution in [0.2, 0.25) is 0 Å². The molecule has 3 heterocycles. The Morgan fingerprint density at radius 1 is 1.35 bits per heavy atom. The highest BCUT2D eigenvalue weighted by Gasteiger charge is 2.27. The summed E-state index contributed by atoms with van der Waals surface area (Å²) in [6, 6.07) is 2.29. The highest BCUT2D eigenvalue weighted by Crippen LogP contribution is 2.19. The van der Waals surface area contributed by atoms with Gasteiger partial charge in [-0.25, -0.2) is 9.97 Å². The molecule has 0 bridgehead atoms. The zero-order valence-electron chi connectivity index (χ0n) is 11.8. The summed E-state index contributed by atoms with van der Waals surface area (Å²) < 4.78 is 1.74. The van der Waals surface area contributed by atoms with E-state index in [1.807, 2.05) is 19.3 Å². The largest absolute Gasteiger partial charge is 0.340 e. The molecular formula is C13H19N7. The fourth-order valence-electron chi connectivity index (χ4n) is 2.61. The van der Waals surface area contributed by atoms with E-state index in [0.717, 1.165) is 37.7 Å². The minimum absolute atomic E-state index is 0.453. The van der Waals surface area contributed by atoms with Crippen LogP contribution >= 0.6 is 0 Å². The van der Waals surface area contributed by atoms with Gasteiger partial charge in [-0.3, -0.25) is 9.58 Å². The fourth-order valence-corrected chi connectivity index (χ4v) is 2.61. The third-order valence-electron chi connectivity index (χ3n) is 3.70. The number of likely N-dealkylation sites (N-methyl/N-ethyl adjacent to an activating group) is 1. The van der Waals surface area contributed by atoms with Crippen molar-refractivity contribution in [2.75, 3.05) is 25.0 Å². The zero-order valence-corrected chi connectivity index (χ0v) is 11.8. The molecule has 2 aromatic rings. The molecule has 7 heteroatoms. The summed E-state index contributed by atoms with van der Waals surface area (Å²) in [4.78, 5) is 13.2. The van der Waals surface area contributed by atoms with Crippen molar-refractivity contribution in [1.29, 1.82) is 0 Å². The molecule has 0 radical (unpaired) electrons. The quantitative estimate of drug-likeness (QED) is 0.799. The van der Waals surface area contributed by atoms with Gasteiger partial charge < -0.3 is 4.90 Å². The van der Waals surface area contributed by atoms with Crippen molar-refractivity contribution in [3.05, 3.63) is 30.4 Å². The first-order valence-electron chi connectivity index (χ1n) is 6.80. The van der Waals surface area contributed by atoms with E-state index in [1.54, 1.807) is 17.1 Å². The average molecular weight is 273 g/mol. The van der Waals surface area contributed by atoms with Crippen LogP contribution in [-0.4, -0.2) is 56.0 Å². The molecule has 7 nitrogen and oxygen atoms in total. The summed E-state index contributed by atoms with van der Waals surface area (Å²) in [5.41, 5.74) is 1.02. The second-order valence-electron chi connectivity index (χ2n) is 5.22. The molecular weight excluding hydrogens is 254 g/mol. The first-order valence-corrected chi connectivity index (χ1v) is 6.80. The van der Waals surface area contributed by atoms with Crippen molar-refractivity contribution >= 4 is 5.95 Å². The molecule has 1 unspecified atom stereocenters. The van der Waals surface area contributed by atoms with E-state index in [9.17, 15) is 0 Å². The molecule has 1 atom stereocenters. The number of likely N-dealkylation sites (tertiary alicyclic amines) is 1. The molecule has 20 heavy (non-hydrogen) atoms. The van der Waals surface area contributed by atoms with Crippen molar-refractivity contribution in [2.24, 2.45) is 7.05 Å². The van der Waals surface area contributed by atoms with Crippen molar-refractivity contribution in [2.45, 2.75) is 19.0 Å². The van der Waals surface area contributed by atoms with Gasteiger partial charge in [-0.05, 0) is 12.5 Å². The van der Waals surface area contributed by atoms with Gasteiger partial charge in [0.2, 0.25) is 5.95 Å². The second-order valence-corrected chi connectivity index (χ2v) is 5.22. The van der Waals surface area contributed by atoms with Crippen LogP contribution < -0.4 is 4.90 Å². The molecule has 2 aromatic heterocycles. The summed E-state index contributed by atoms with van der Waals surface area (Å²) in [5, 5.41) is 8.11. The molecule has 1 aliphatic rings. The van der Waals surface area contributed by atoms with E-state index in [4.69, 9.17) is 0 Å². The van der Waals surface area contributed by atoms with Crippen LogP contribution in [0.15, 0.2) is 24.7 Å². The Labute approximate surface area is 118 Å². The second kappa shape index (κ2) is 5.54. The van der Waals surface area contributed by atoms with Gasteiger partial charge in [0.05, 0.1) is 5.69 Å². The van der Waals surface area contributed by atoms with Crippen molar-refractivity contribution < 1.29 is 0 Å². The van der Waals surface area contributed by atoms with Gasteiger partial charge in [0, 0.05) is 58.4 Å².